The maximum Gasteiger partial charge on any atom is 0.256 e. The normalized spacial score (nSPS) is 17.8. The molecule has 0 saturated carbocycles. The van der Waals surface area contributed by atoms with E-state index in [1.165, 1.54) is 7.11 Å². The number of hydrogen-bond donors (Lipinski definition) is 3. The summed E-state index contributed by atoms with van der Waals surface area (Å²) in [5, 5.41) is 9.80. The Hall–Kier alpha value is -2.88. The lowest BCUT2D eigenvalue weighted by molar-refractivity contribution is -0.117. The molecule has 1 fully saturated rings. The van der Waals surface area contributed by atoms with Gasteiger partial charge in [0.25, 0.3) is 5.91 Å². The van der Waals surface area contributed by atoms with Gasteiger partial charge in [-0.1, -0.05) is 29.9 Å². The average molecular weight is 503 g/mol. The molecule has 1 atom stereocenters. The van der Waals surface area contributed by atoms with E-state index >= 15 is 0 Å². The molecule has 2 aliphatic rings. The van der Waals surface area contributed by atoms with Gasteiger partial charge in [0.15, 0.2) is 5.75 Å². The first-order valence-corrected chi connectivity index (χ1v) is 11.9. The van der Waals surface area contributed by atoms with Crippen molar-refractivity contribution in [1.29, 1.82) is 0 Å². The molecule has 3 N–H and O–H groups in total. The Bertz CT molecular complexity index is 1090. The van der Waals surface area contributed by atoms with Crippen LogP contribution in [-0.2, 0) is 16.1 Å². The van der Waals surface area contributed by atoms with Crippen molar-refractivity contribution in [2.45, 2.75) is 31.9 Å². The maximum atomic E-state index is 12.7. The number of para-hydroxylation sites is 1. The second-order valence-electron chi connectivity index (χ2n) is 7.92. The topological polar surface area (TPSA) is 93.7 Å². The van der Waals surface area contributed by atoms with Gasteiger partial charge in [-0.25, -0.2) is 0 Å². The Balaban J connectivity index is 1.49. The van der Waals surface area contributed by atoms with E-state index in [1.54, 1.807) is 30.6 Å². The monoisotopic (exact) mass is 502 g/mol. The molecule has 2 aliphatic heterocycles. The molecule has 3 heterocycles. The molecule has 1 amide bonds. The standard InChI is InChI=1S/C24H27ClN4O4S/c1-31-22-17(25)5-2-6-19(22)29-24(34)21-18(8-10-27-23(21)30)28-12-15-7-9-26-13-20(15)33-14-16-4-3-11-32-16/h2,5-7,9,13,16,28H,3-4,8,10-12,14H2,1H3,(H,27,30)(H,29,34)/t16-/m0/s1. The predicted octanol–water partition coefficient (Wildman–Crippen LogP) is 3.60. The van der Waals surface area contributed by atoms with Gasteiger partial charge in [0.1, 0.15) is 17.3 Å². The van der Waals surface area contributed by atoms with E-state index in [1.807, 2.05) is 6.07 Å². The van der Waals surface area contributed by atoms with Gasteiger partial charge in [0.2, 0.25) is 0 Å². The number of hydrogen-bond acceptors (Lipinski definition) is 7. The number of aromatic nitrogens is 1. The first kappa shape index (κ1) is 24.3. The van der Waals surface area contributed by atoms with Crippen molar-refractivity contribution in [3.63, 3.8) is 0 Å². The molecular formula is C24H27ClN4O4S. The minimum absolute atomic E-state index is 0.115. The molecule has 4 rings (SSSR count). The molecule has 8 nitrogen and oxygen atoms in total. The number of rotatable bonds is 9. The van der Waals surface area contributed by atoms with Crippen molar-refractivity contribution in [3.05, 3.63) is 58.5 Å². The van der Waals surface area contributed by atoms with Gasteiger partial charge in [0.05, 0.1) is 35.7 Å². The molecule has 1 saturated heterocycles. The van der Waals surface area contributed by atoms with E-state index < -0.39 is 0 Å². The number of pyridine rings is 1. The number of methoxy groups -OCH3 is 1. The molecule has 0 radical (unpaired) electrons. The Morgan fingerprint density at radius 3 is 3.06 bits per heavy atom. The number of nitrogens with one attached hydrogen (secondary N) is 3. The SMILES string of the molecule is COc1c(Cl)cccc1NC(=S)C1=C(NCc2ccncc2OC[C@@H]2CCCO2)CCNC1=O. The van der Waals surface area contributed by atoms with Gasteiger partial charge in [0, 0.05) is 43.6 Å². The first-order chi connectivity index (χ1) is 16.6. The third-order valence-electron chi connectivity index (χ3n) is 5.65. The molecule has 2 aromatic rings. The summed E-state index contributed by atoms with van der Waals surface area (Å²) in [4.78, 5) is 17.2. The van der Waals surface area contributed by atoms with E-state index in [-0.39, 0.29) is 17.0 Å². The summed E-state index contributed by atoms with van der Waals surface area (Å²) in [6.07, 6.45) is 6.21. The van der Waals surface area contributed by atoms with Crippen molar-refractivity contribution >= 4 is 40.4 Å². The average Bonchev–Trinajstić information content (AvgIpc) is 3.36. The number of carbonyl (C=O) groups excluding carboxylic acids is 1. The minimum Gasteiger partial charge on any atom is -0.493 e. The lowest BCUT2D eigenvalue weighted by Gasteiger charge is -2.24. The fraction of sp³-hybridized carbons (Fsp3) is 0.375. The number of thiocarbonyl (C=S) groups is 1. The van der Waals surface area contributed by atoms with Crippen LogP contribution in [-0.4, -0.2) is 48.9 Å². The Kier molecular flexibility index (Phi) is 8.21. The van der Waals surface area contributed by atoms with Crippen LogP contribution in [0.1, 0.15) is 24.8 Å². The van der Waals surface area contributed by atoms with E-state index in [0.717, 1.165) is 30.7 Å². The van der Waals surface area contributed by atoms with Crippen molar-refractivity contribution < 1.29 is 19.0 Å². The molecular weight excluding hydrogens is 476 g/mol. The maximum absolute atomic E-state index is 12.7. The number of amides is 1. The molecule has 0 aliphatic carbocycles. The fourth-order valence-corrected chi connectivity index (χ4v) is 4.49. The van der Waals surface area contributed by atoms with Crippen LogP contribution >= 0.6 is 23.8 Å². The van der Waals surface area contributed by atoms with Gasteiger partial charge in [-0.2, -0.15) is 0 Å². The molecule has 1 aromatic heterocycles. The van der Waals surface area contributed by atoms with Crippen molar-refractivity contribution in [2.75, 3.05) is 32.2 Å². The zero-order chi connectivity index (χ0) is 23.9. The summed E-state index contributed by atoms with van der Waals surface area (Å²) in [6, 6.07) is 7.20. The smallest absolute Gasteiger partial charge is 0.256 e. The molecule has 10 heteroatoms. The highest BCUT2D eigenvalue weighted by Crippen LogP contribution is 2.33. The number of carbonyl (C=O) groups is 1. The molecule has 180 valence electrons. The van der Waals surface area contributed by atoms with Gasteiger partial charge in [-0.3, -0.25) is 9.78 Å². The third-order valence-corrected chi connectivity index (χ3v) is 6.25. The summed E-state index contributed by atoms with van der Waals surface area (Å²) < 4.78 is 17.0. The number of ether oxygens (including phenoxy) is 3. The Morgan fingerprint density at radius 2 is 2.26 bits per heavy atom. The van der Waals surface area contributed by atoms with Gasteiger partial charge >= 0.3 is 0 Å². The summed E-state index contributed by atoms with van der Waals surface area (Å²) in [6.45, 7) is 2.25. The summed E-state index contributed by atoms with van der Waals surface area (Å²) in [7, 11) is 1.53. The van der Waals surface area contributed by atoms with Crippen LogP contribution in [0.15, 0.2) is 47.9 Å². The van der Waals surface area contributed by atoms with Gasteiger partial charge in [-0.15, -0.1) is 0 Å². The second kappa shape index (κ2) is 11.5. The van der Waals surface area contributed by atoms with Crippen molar-refractivity contribution in [2.24, 2.45) is 0 Å². The number of nitrogens with zero attached hydrogens (tertiary/aromatic N) is 1. The molecule has 0 bridgehead atoms. The Morgan fingerprint density at radius 1 is 1.38 bits per heavy atom. The van der Waals surface area contributed by atoms with Crippen molar-refractivity contribution in [3.8, 4) is 11.5 Å². The highest BCUT2D eigenvalue weighted by atomic mass is 35.5. The van der Waals surface area contributed by atoms with Crippen LogP contribution in [0, 0.1) is 0 Å². The highest BCUT2D eigenvalue weighted by Gasteiger charge is 2.25. The van der Waals surface area contributed by atoms with Crippen LogP contribution in [0.3, 0.4) is 0 Å². The second-order valence-corrected chi connectivity index (χ2v) is 8.73. The van der Waals surface area contributed by atoms with Crippen LogP contribution in [0.25, 0.3) is 0 Å². The van der Waals surface area contributed by atoms with Gasteiger partial charge in [-0.05, 0) is 31.0 Å². The number of halogens is 1. The molecule has 0 unspecified atom stereocenters. The Labute approximate surface area is 209 Å². The largest absolute Gasteiger partial charge is 0.493 e. The lowest BCUT2D eigenvalue weighted by atomic mass is 10.1. The summed E-state index contributed by atoms with van der Waals surface area (Å²) >= 11 is 11.8. The van der Waals surface area contributed by atoms with E-state index in [2.05, 4.69) is 20.9 Å². The molecule has 34 heavy (non-hydrogen) atoms. The van der Waals surface area contributed by atoms with Crippen LogP contribution in [0.5, 0.6) is 11.5 Å². The molecule has 0 spiro atoms. The number of benzene rings is 1. The number of anilines is 1. The minimum atomic E-state index is -0.239. The first-order valence-electron chi connectivity index (χ1n) is 11.1. The van der Waals surface area contributed by atoms with Crippen molar-refractivity contribution in [1.82, 2.24) is 15.6 Å². The zero-order valence-corrected chi connectivity index (χ0v) is 20.4. The molecule has 1 aromatic carbocycles. The van der Waals surface area contributed by atoms with Crippen LogP contribution in [0.4, 0.5) is 5.69 Å². The quantitative estimate of drug-likeness (QED) is 0.448. The van der Waals surface area contributed by atoms with E-state index in [0.29, 0.717) is 53.9 Å². The van der Waals surface area contributed by atoms with E-state index in [9.17, 15) is 4.79 Å². The highest BCUT2D eigenvalue weighted by molar-refractivity contribution is 7.81. The van der Waals surface area contributed by atoms with Crippen LogP contribution in [0.2, 0.25) is 5.02 Å². The predicted molar refractivity (Wildman–Crippen MR) is 134 cm³/mol. The van der Waals surface area contributed by atoms with E-state index in [4.69, 9.17) is 38.0 Å². The fourth-order valence-electron chi connectivity index (χ4n) is 3.91. The summed E-state index contributed by atoms with van der Waals surface area (Å²) in [5.41, 5.74) is 2.66. The van der Waals surface area contributed by atoms with Crippen LogP contribution < -0.4 is 25.4 Å². The summed E-state index contributed by atoms with van der Waals surface area (Å²) in [5.74, 6) is 0.914. The third kappa shape index (κ3) is 5.78. The van der Waals surface area contributed by atoms with Gasteiger partial charge < -0.3 is 30.2 Å². The lowest BCUT2D eigenvalue weighted by Crippen LogP contribution is -2.39. The zero-order valence-electron chi connectivity index (χ0n) is 18.9.